The van der Waals surface area contributed by atoms with Crippen LogP contribution in [0.3, 0.4) is 0 Å². The lowest BCUT2D eigenvalue weighted by Gasteiger charge is -2.08. The second kappa shape index (κ2) is 16.9. The van der Waals surface area contributed by atoms with Crippen molar-refractivity contribution in [1.82, 2.24) is 10.6 Å². The third kappa shape index (κ3) is 15.9. The maximum atomic E-state index is 11.3. The lowest BCUT2D eigenvalue weighted by Crippen LogP contribution is -2.28. The molecule has 0 fully saturated rings. The fourth-order valence-corrected chi connectivity index (χ4v) is 1.82. The van der Waals surface area contributed by atoms with Gasteiger partial charge in [-0.1, -0.05) is 0 Å². The number of hydrogen-bond acceptors (Lipinski definition) is 6. The van der Waals surface area contributed by atoms with Gasteiger partial charge in [0, 0.05) is 25.9 Å². The number of amides is 2. The molecule has 0 aliphatic carbocycles. The van der Waals surface area contributed by atoms with Crippen LogP contribution in [-0.2, 0) is 19.1 Å². The smallest absolute Gasteiger partial charge is 0.220 e. The molecule has 6 nitrogen and oxygen atoms in total. The van der Waals surface area contributed by atoms with Crippen molar-refractivity contribution in [3.8, 4) is 0 Å². The molecule has 0 heterocycles. The van der Waals surface area contributed by atoms with Crippen molar-refractivity contribution in [1.29, 1.82) is 0 Å². The van der Waals surface area contributed by atoms with Gasteiger partial charge in [0.2, 0.25) is 11.8 Å². The minimum atomic E-state index is 0.0301. The molecular weight excluding hydrogens is 324 g/mol. The number of nitrogens with one attached hydrogen (secondary N) is 2. The lowest BCUT2D eigenvalue weighted by atomic mass is 10.3. The van der Waals surface area contributed by atoms with Gasteiger partial charge in [0.15, 0.2) is 0 Å². The first kappa shape index (κ1) is 21.6. The van der Waals surface area contributed by atoms with E-state index in [1.165, 1.54) is 0 Å². The highest BCUT2D eigenvalue weighted by Gasteiger charge is 2.00. The molecule has 0 aromatic rings. The van der Waals surface area contributed by atoms with E-state index in [4.69, 9.17) is 9.47 Å². The fourth-order valence-electron chi connectivity index (χ4n) is 1.50. The molecule has 0 unspecified atom stereocenters. The summed E-state index contributed by atoms with van der Waals surface area (Å²) in [6, 6.07) is 0. The van der Waals surface area contributed by atoms with E-state index >= 15 is 0 Å². The van der Waals surface area contributed by atoms with Gasteiger partial charge in [-0.05, 0) is 24.3 Å². The zero-order valence-corrected chi connectivity index (χ0v) is 14.8. The van der Waals surface area contributed by atoms with E-state index in [0.29, 0.717) is 52.4 Å². The number of carbonyl (C=O) groups excluding carboxylic acids is 2. The highest BCUT2D eigenvalue weighted by molar-refractivity contribution is 7.80. The van der Waals surface area contributed by atoms with Crippen LogP contribution in [0.1, 0.15) is 25.7 Å². The Labute approximate surface area is 143 Å². The number of rotatable bonds is 15. The van der Waals surface area contributed by atoms with Crippen molar-refractivity contribution in [2.24, 2.45) is 0 Å². The van der Waals surface area contributed by atoms with Crippen molar-refractivity contribution in [2.75, 3.05) is 51.0 Å². The molecule has 22 heavy (non-hydrogen) atoms. The van der Waals surface area contributed by atoms with Crippen molar-refractivity contribution in [3.63, 3.8) is 0 Å². The number of ether oxygens (including phenoxy) is 2. The first-order valence-electron chi connectivity index (χ1n) is 7.61. The summed E-state index contributed by atoms with van der Waals surface area (Å²) < 4.78 is 10.6. The molecule has 0 spiro atoms. The predicted molar refractivity (Wildman–Crippen MR) is 93.8 cm³/mol. The summed E-state index contributed by atoms with van der Waals surface area (Å²) in [4.78, 5) is 22.5. The van der Waals surface area contributed by atoms with Crippen LogP contribution in [0.2, 0.25) is 0 Å². The maximum Gasteiger partial charge on any atom is 0.220 e. The predicted octanol–water partition coefficient (Wildman–Crippen LogP) is 0.672. The van der Waals surface area contributed by atoms with Gasteiger partial charge < -0.3 is 20.1 Å². The Kier molecular flexibility index (Phi) is 16.6. The van der Waals surface area contributed by atoms with Gasteiger partial charge in [-0.25, -0.2) is 0 Å². The summed E-state index contributed by atoms with van der Waals surface area (Å²) in [5, 5.41) is 5.53. The molecule has 8 heteroatoms. The molecule has 0 rings (SSSR count). The van der Waals surface area contributed by atoms with Gasteiger partial charge in [-0.15, -0.1) is 0 Å². The molecule has 0 aromatic carbocycles. The first-order chi connectivity index (χ1) is 10.7. The molecule has 0 aliphatic rings. The molecule has 0 saturated heterocycles. The highest BCUT2D eigenvalue weighted by Crippen LogP contribution is 1.91. The molecule has 0 saturated carbocycles. The van der Waals surface area contributed by atoms with Crippen molar-refractivity contribution in [2.45, 2.75) is 25.7 Å². The van der Waals surface area contributed by atoms with Gasteiger partial charge in [0.05, 0.1) is 26.4 Å². The topological polar surface area (TPSA) is 76.7 Å². The average molecular weight is 353 g/mol. The zero-order chi connectivity index (χ0) is 16.5. The number of hydrogen-bond donors (Lipinski definition) is 4. The van der Waals surface area contributed by atoms with E-state index in [2.05, 4.69) is 35.9 Å². The monoisotopic (exact) mass is 352 g/mol. The van der Waals surface area contributed by atoms with Crippen LogP contribution in [-0.4, -0.2) is 62.8 Å². The maximum absolute atomic E-state index is 11.3. The van der Waals surface area contributed by atoms with Crippen LogP contribution >= 0.6 is 25.3 Å². The Hall–Kier alpha value is -0.440. The summed E-state index contributed by atoms with van der Waals surface area (Å²) in [5.41, 5.74) is 0. The van der Waals surface area contributed by atoms with Gasteiger partial charge in [0.25, 0.3) is 0 Å². The third-order valence-corrected chi connectivity index (χ3v) is 3.27. The van der Waals surface area contributed by atoms with Crippen LogP contribution in [0.25, 0.3) is 0 Å². The summed E-state index contributed by atoms with van der Waals surface area (Å²) in [5.74, 6) is 1.50. The normalized spacial score (nSPS) is 10.5. The van der Waals surface area contributed by atoms with E-state index in [0.717, 1.165) is 24.3 Å². The minimum absolute atomic E-state index is 0.0301. The van der Waals surface area contributed by atoms with E-state index in [-0.39, 0.29) is 11.8 Å². The molecule has 2 amide bonds. The Morgan fingerprint density at radius 1 is 0.727 bits per heavy atom. The minimum Gasteiger partial charge on any atom is -0.377 e. The second-order valence-electron chi connectivity index (χ2n) is 4.58. The van der Waals surface area contributed by atoms with E-state index in [1.807, 2.05) is 0 Å². The average Bonchev–Trinajstić information content (AvgIpc) is 2.52. The van der Waals surface area contributed by atoms with Crippen LogP contribution in [0.15, 0.2) is 0 Å². The molecule has 0 aliphatic heterocycles. The summed E-state index contributed by atoms with van der Waals surface area (Å²) >= 11 is 8.10. The Morgan fingerprint density at radius 3 is 1.50 bits per heavy atom. The largest absolute Gasteiger partial charge is 0.377 e. The molecule has 2 N–H and O–H groups in total. The molecule has 0 bridgehead atoms. The van der Waals surface area contributed by atoms with E-state index in [1.54, 1.807) is 0 Å². The first-order valence-corrected chi connectivity index (χ1v) is 8.87. The Bertz CT molecular complexity index is 266. The lowest BCUT2D eigenvalue weighted by molar-refractivity contribution is -0.122. The quantitative estimate of drug-likeness (QED) is 0.258. The summed E-state index contributed by atoms with van der Waals surface area (Å²) in [7, 11) is 0. The summed E-state index contributed by atoms with van der Waals surface area (Å²) in [6.45, 7) is 2.90. The number of thiol groups is 2. The van der Waals surface area contributed by atoms with Gasteiger partial charge in [-0.2, -0.15) is 25.3 Å². The van der Waals surface area contributed by atoms with Crippen LogP contribution in [0, 0.1) is 0 Å². The molecule has 0 atom stereocenters. The van der Waals surface area contributed by atoms with E-state index in [9.17, 15) is 9.59 Å². The standard InChI is InChI=1S/C14H28N2O4S2/c17-13(3-1-11-21)15-5-7-19-9-10-20-8-6-16-14(18)4-2-12-22/h21-22H,1-12H2,(H,15,17)(H,16,18). The molecule has 0 aromatic heterocycles. The van der Waals surface area contributed by atoms with Gasteiger partial charge in [0.1, 0.15) is 0 Å². The van der Waals surface area contributed by atoms with Gasteiger partial charge >= 0.3 is 0 Å². The van der Waals surface area contributed by atoms with Crippen molar-refractivity contribution in [3.05, 3.63) is 0 Å². The van der Waals surface area contributed by atoms with Crippen LogP contribution in [0.5, 0.6) is 0 Å². The summed E-state index contributed by atoms with van der Waals surface area (Å²) in [6.07, 6.45) is 2.59. The fraction of sp³-hybridized carbons (Fsp3) is 0.857. The second-order valence-corrected chi connectivity index (χ2v) is 5.47. The Morgan fingerprint density at radius 2 is 1.14 bits per heavy atom. The zero-order valence-electron chi connectivity index (χ0n) is 13.0. The van der Waals surface area contributed by atoms with Gasteiger partial charge in [-0.3, -0.25) is 9.59 Å². The molecular formula is C14H28N2O4S2. The number of carbonyl (C=O) groups is 2. The Balaban J connectivity index is 3.17. The molecule has 0 radical (unpaired) electrons. The van der Waals surface area contributed by atoms with Crippen LogP contribution < -0.4 is 10.6 Å². The van der Waals surface area contributed by atoms with E-state index < -0.39 is 0 Å². The van der Waals surface area contributed by atoms with Crippen molar-refractivity contribution < 1.29 is 19.1 Å². The molecule has 130 valence electrons. The van der Waals surface area contributed by atoms with Crippen LogP contribution in [0.4, 0.5) is 0 Å². The van der Waals surface area contributed by atoms with Crippen molar-refractivity contribution >= 4 is 37.1 Å². The third-order valence-electron chi connectivity index (χ3n) is 2.63. The highest BCUT2D eigenvalue weighted by atomic mass is 32.1. The SMILES string of the molecule is O=C(CCCS)NCCOCCOCCNC(=O)CCCS.